The summed E-state index contributed by atoms with van der Waals surface area (Å²) >= 11 is -1.44. The number of hydrogen-bond donors (Lipinski definition) is 1. The highest BCUT2D eigenvalue weighted by Crippen LogP contribution is 2.29. The van der Waals surface area contributed by atoms with Gasteiger partial charge in [-0.25, -0.2) is 8.78 Å². The zero-order valence-electron chi connectivity index (χ0n) is 16.8. The Labute approximate surface area is 172 Å². The fourth-order valence-corrected chi connectivity index (χ4v) is 3.23. The molecule has 0 saturated heterocycles. The van der Waals surface area contributed by atoms with Crippen molar-refractivity contribution in [3.05, 3.63) is 59.7 Å². The van der Waals surface area contributed by atoms with Crippen molar-refractivity contribution in [2.75, 3.05) is 6.61 Å². The Morgan fingerprint density at radius 3 is 2.55 bits per heavy atom. The van der Waals surface area contributed by atoms with Gasteiger partial charge in [0.05, 0.1) is 19.1 Å². The third-order valence-corrected chi connectivity index (χ3v) is 5.47. The van der Waals surface area contributed by atoms with E-state index in [1.807, 2.05) is 20.8 Å². The molecule has 1 unspecified atom stereocenters. The van der Waals surface area contributed by atoms with E-state index in [0.29, 0.717) is 11.3 Å². The van der Waals surface area contributed by atoms with Gasteiger partial charge in [0.1, 0.15) is 16.3 Å². The lowest BCUT2D eigenvalue weighted by atomic mass is 10.0. The first kappa shape index (κ1) is 23.1. The van der Waals surface area contributed by atoms with Crippen molar-refractivity contribution in [2.45, 2.75) is 44.9 Å². The molecule has 5 nitrogen and oxygen atoms in total. The third kappa shape index (κ3) is 6.99. The molecule has 29 heavy (non-hydrogen) atoms. The summed E-state index contributed by atoms with van der Waals surface area (Å²) in [4.78, 5) is 12.0. The number of hydrogen-bond acceptors (Lipinski definition) is 5. The van der Waals surface area contributed by atoms with Gasteiger partial charge in [0.2, 0.25) is 0 Å². The summed E-state index contributed by atoms with van der Waals surface area (Å²) in [7, 11) is 0. The van der Waals surface area contributed by atoms with Crippen LogP contribution in [0.5, 0.6) is 11.5 Å². The maximum Gasteiger partial charge on any atom is 0.307 e. The second-order valence-electron chi connectivity index (χ2n) is 7.31. The summed E-state index contributed by atoms with van der Waals surface area (Å²) in [5, 5.41) is 0. The Morgan fingerprint density at radius 1 is 1.21 bits per heavy atom. The Kier molecular flexibility index (Phi) is 8.01. The number of rotatable bonds is 8. The monoisotopic (exact) mass is 425 g/mol. The zero-order chi connectivity index (χ0) is 21.6. The molecule has 1 N–H and O–H groups in total. The number of benzene rings is 2. The number of carbonyl (C=O) groups is 1. The van der Waals surface area contributed by atoms with E-state index in [1.54, 1.807) is 31.2 Å². The molecule has 0 aliphatic heterocycles. The van der Waals surface area contributed by atoms with E-state index in [2.05, 4.69) is 4.72 Å². The number of halogens is 2. The standard InChI is InChI=1S/C21H25F2NO4S/c1-5-27-20(25)13-18(24-29(26)21(2,3)4)14-7-6-8-16(11-14)28-19-10-9-15(22)12-17(19)23/h6-12,18,24H,5,13H2,1-4H3/t18-,29?/m0/s1. The molecule has 0 radical (unpaired) electrons. The molecule has 0 fully saturated rings. The molecule has 2 atom stereocenters. The van der Waals surface area contributed by atoms with Gasteiger partial charge in [-0.05, 0) is 57.5 Å². The van der Waals surface area contributed by atoms with E-state index in [1.165, 1.54) is 6.07 Å². The van der Waals surface area contributed by atoms with E-state index in [4.69, 9.17) is 9.47 Å². The molecule has 0 aromatic heterocycles. The molecule has 2 rings (SSSR count). The second-order valence-corrected chi connectivity index (χ2v) is 9.31. The van der Waals surface area contributed by atoms with E-state index in [9.17, 15) is 18.1 Å². The van der Waals surface area contributed by atoms with Gasteiger partial charge in [-0.1, -0.05) is 12.1 Å². The van der Waals surface area contributed by atoms with E-state index < -0.39 is 39.8 Å². The minimum Gasteiger partial charge on any atom is -0.598 e. The summed E-state index contributed by atoms with van der Waals surface area (Å²) in [6.45, 7) is 7.39. The van der Waals surface area contributed by atoms with Gasteiger partial charge in [0.25, 0.3) is 0 Å². The van der Waals surface area contributed by atoms with Gasteiger partial charge in [-0.15, -0.1) is 4.72 Å². The molecule has 0 aliphatic carbocycles. The molecule has 2 aromatic rings. The summed E-state index contributed by atoms with van der Waals surface area (Å²) in [6.07, 6.45) is -0.0377. The molecule has 2 aromatic carbocycles. The van der Waals surface area contributed by atoms with Gasteiger partial charge < -0.3 is 14.0 Å². The van der Waals surface area contributed by atoms with Crippen molar-refractivity contribution in [3.63, 3.8) is 0 Å². The van der Waals surface area contributed by atoms with E-state index >= 15 is 0 Å². The fraction of sp³-hybridized carbons (Fsp3) is 0.381. The minimum absolute atomic E-state index is 0.0377. The van der Waals surface area contributed by atoms with Crippen molar-refractivity contribution in [1.29, 1.82) is 0 Å². The Bertz CT molecular complexity index is 842. The lowest BCUT2D eigenvalue weighted by molar-refractivity contribution is -0.143. The highest BCUT2D eigenvalue weighted by Gasteiger charge is 2.31. The topological polar surface area (TPSA) is 70.6 Å². The lowest BCUT2D eigenvalue weighted by Gasteiger charge is -2.28. The summed E-state index contributed by atoms with van der Waals surface area (Å²) < 4.78 is 52.5. The van der Waals surface area contributed by atoms with E-state index in [0.717, 1.165) is 12.1 Å². The van der Waals surface area contributed by atoms with Crippen LogP contribution in [0.1, 0.15) is 45.7 Å². The van der Waals surface area contributed by atoms with Crippen LogP contribution in [-0.4, -0.2) is 21.9 Å². The molecule has 0 heterocycles. The number of carbonyl (C=O) groups excluding carboxylic acids is 1. The highest BCUT2D eigenvalue weighted by molar-refractivity contribution is 7.90. The number of esters is 1. The van der Waals surface area contributed by atoms with Crippen LogP contribution >= 0.6 is 0 Å². The van der Waals surface area contributed by atoms with Crippen molar-refractivity contribution in [1.82, 2.24) is 4.72 Å². The number of nitrogens with one attached hydrogen (secondary N) is 1. The summed E-state index contributed by atoms with van der Waals surface area (Å²) in [5.41, 5.74) is 0.621. The quantitative estimate of drug-likeness (QED) is 0.486. The first-order chi connectivity index (χ1) is 13.6. The smallest absolute Gasteiger partial charge is 0.307 e. The summed E-state index contributed by atoms with van der Waals surface area (Å²) in [5.74, 6) is -1.80. The van der Waals surface area contributed by atoms with Crippen molar-refractivity contribution < 1.29 is 27.6 Å². The first-order valence-corrected chi connectivity index (χ1v) is 10.3. The average Bonchev–Trinajstić information content (AvgIpc) is 2.63. The fourth-order valence-electron chi connectivity index (χ4n) is 2.40. The van der Waals surface area contributed by atoms with Crippen LogP contribution < -0.4 is 9.46 Å². The van der Waals surface area contributed by atoms with Crippen LogP contribution in [0.2, 0.25) is 0 Å². The second kappa shape index (κ2) is 10.0. The van der Waals surface area contributed by atoms with Gasteiger partial charge in [0.15, 0.2) is 11.6 Å². The first-order valence-electron chi connectivity index (χ1n) is 9.16. The van der Waals surface area contributed by atoms with Gasteiger partial charge in [0, 0.05) is 17.4 Å². The molecule has 0 amide bonds. The maximum absolute atomic E-state index is 13.9. The molecule has 0 saturated carbocycles. The largest absolute Gasteiger partial charge is 0.598 e. The van der Waals surface area contributed by atoms with Crippen LogP contribution in [0.4, 0.5) is 8.78 Å². The molecule has 0 aliphatic rings. The van der Waals surface area contributed by atoms with Crippen molar-refractivity contribution >= 4 is 17.3 Å². The molecule has 8 heteroatoms. The van der Waals surface area contributed by atoms with Gasteiger partial charge in [-0.2, -0.15) is 0 Å². The van der Waals surface area contributed by atoms with Gasteiger partial charge in [-0.3, -0.25) is 4.79 Å². The average molecular weight is 425 g/mol. The predicted octanol–water partition coefficient (Wildman–Crippen LogP) is 4.80. The van der Waals surface area contributed by atoms with Crippen LogP contribution in [-0.2, 0) is 20.9 Å². The van der Waals surface area contributed by atoms with Crippen LogP contribution in [0, 0.1) is 11.6 Å². The molecular weight excluding hydrogens is 400 g/mol. The predicted molar refractivity (Wildman–Crippen MR) is 108 cm³/mol. The third-order valence-electron chi connectivity index (χ3n) is 3.86. The zero-order valence-corrected chi connectivity index (χ0v) is 17.6. The summed E-state index contributed by atoms with van der Waals surface area (Å²) in [6, 6.07) is 9.05. The Hall–Kier alpha value is -2.16. The number of ether oxygens (including phenoxy) is 2. The van der Waals surface area contributed by atoms with Crippen LogP contribution in [0.25, 0.3) is 0 Å². The van der Waals surface area contributed by atoms with Crippen LogP contribution in [0.3, 0.4) is 0 Å². The maximum atomic E-state index is 13.9. The van der Waals surface area contributed by atoms with E-state index in [-0.39, 0.29) is 18.8 Å². The van der Waals surface area contributed by atoms with Crippen molar-refractivity contribution in [2.24, 2.45) is 0 Å². The SMILES string of the molecule is CCOC(=O)C[C@H](N[S+]([O-])C(C)(C)C)c1cccc(Oc2ccc(F)cc2F)c1. The molecule has 158 valence electrons. The van der Waals surface area contributed by atoms with Crippen molar-refractivity contribution in [3.8, 4) is 11.5 Å². The minimum atomic E-state index is -1.44. The normalized spacial score (nSPS) is 13.6. The Morgan fingerprint density at radius 2 is 1.93 bits per heavy atom. The lowest BCUT2D eigenvalue weighted by Crippen LogP contribution is -2.42. The molecular formula is C21H25F2NO4S. The molecule has 0 bridgehead atoms. The Balaban J connectivity index is 2.27. The highest BCUT2D eigenvalue weighted by atomic mass is 32.2. The van der Waals surface area contributed by atoms with Crippen LogP contribution in [0.15, 0.2) is 42.5 Å². The van der Waals surface area contributed by atoms with Gasteiger partial charge >= 0.3 is 5.97 Å². The molecule has 0 spiro atoms.